The first-order chi connectivity index (χ1) is 8.99. The summed E-state index contributed by atoms with van der Waals surface area (Å²) >= 11 is 1.49. The van der Waals surface area contributed by atoms with E-state index in [1.165, 1.54) is 63.1 Å². The van der Waals surface area contributed by atoms with Crippen LogP contribution in [0.2, 0.25) is 0 Å². The molecule has 1 aliphatic rings. The minimum Gasteiger partial charge on any atom is -0.282 e. The molecular weight excluding hydrogens is 252 g/mol. The Morgan fingerprint density at radius 3 is 2.05 bits per heavy atom. The summed E-state index contributed by atoms with van der Waals surface area (Å²) in [6, 6.07) is 0. The van der Waals surface area contributed by atoms with Gasteiger partial charge in [0.2, 0.25) is 5.12 Å². The summed E-state index contributed by atoms with van der Waals surface area (Å²) in [6.07, 6.45) is 14.8. The van der Waals surface area contributed by atoms with Gasteiger partial charge in [-0.3, -0.25) is 4.79 Å². The molecule has 0 N–H and O–H groups in total. The monoisotopic (exact) mass is 282 g/mol. The predicted octanol–water partition coefficient (Wildman–Crippen LogP) is 5.89. The van der Waals surface area contributed by atoms with Gasteiger partial charge in [-0.2, -0.15) is 0 Å². The SMILES string of the molecule is CC(C)(C)SC(=O)/C1=C/CCCCCCCCCC1. The number of allylic oxidation sites excluding steroid dienone is 1. The molecule has 0 saturated carbocycles. The van der Waals surface area contributed by atoms with Crippen molar-refractivity contribution >= 4 is 16.9 Å². The zero-order chi connectivity index (χ0) is 14.1. The Labute approximate surface area is 123 Å². The minimum absolute atomic E-state index is 0.0294. The van der Waals surface area contributed by atoms with Gasteiger partial charge in [0, 0.05) is 10.3 Å². The van der Waals surface area contributed by atoms with Gasteiger partial charge >= 0.3 is 0 Å². The summed E-state index contributed by atoms with van der Waals surface area (Å²) in [5, 5.41) is 0.310. The number of carbonyl (C=O) groups is 1. The number of rotatable bonds is 1. The fraction of sp³-hybridized carbons (Fsp3) is 0.824. The largest absolute Gasteiger partial charge is 0.282 e. The Morgan fingerprint density at radius 1 is 0.947 bits per heavy atom. The normalized spacial score (nSPS) is 22.8. The van der Waals surface area contributed by atoms with Crippen molar-refractivity contribution in [1.82, 2.24) is 0 Å². The lowest BCUT2D eigenvalue weighted by atomic mass is 10.0. The van der Waals surface area contributed by atoms with Gasteiger partial charge in [0.05, 0.1) is 0 Å². The highest BCUT2D eigenvalue weighted by molar-refractivity contribution is 8.15. The predicted molar refractivity (Wildman–Crippen MR) is 86.6 cm³/mol. The third-order valence-corrected chi connectivity index (χ3v) is 4.51. The van der Waals surface area contributed by atoms with Gasteiger partial charge in [0.25, 0.3) is 0 Å². The van der Waals surface area contributed by atoms with Gasteiger partial charge in [-0.05, 0) is 25.7 Å². The molecule has 0 aromatic rings. The van der Waals surface area contributed by atoms with Crippen molar-refractivity contribution in [3.05, 3.63) is 11.6 Å². The molecule has 0 aromatic heterocycles. The second-order valence-corrected chi connectivity index (χ2v) is 8.40. The van der Waals surface area contributed by atoms with Crippen molar-refractivity contribution in [3.63, 3.8) is 0 Å². The summed E-state index contributed by atoms with van der Waals surface area (Å²) in [5.41, 5.74) is 1.08. The second kappa shape index (κ2) is 8.84. The van der Waals surface area contributed by atoms with Crippen LogP contribution in [-0.2, 0) is 4.79 Å². The van der Waals surface area contributed by atoms with Crippen molar-refractivity contribution in [2.45, 2.75) is 89.7 Å². The Bertz CT molecular complexity index is 299. The molecule has 110 valence electrons. The van der Waals surface area contributed by atoms with Gasteiger partial charge in [-0.1, -0.05) is 77.1 Å². The van der Waals surface area contributed by atoms with Crippen molar-refractivity contribution in [1.29, 1.82) is 0 Å². The fourth-order valence-corrected chi connectivity index (χ4v) is 3.30. The van der Waals surface area contributed by atoms with Crippen molar-refractivity contribution in [2.75, 3.05) is 0 Å². The molecule has 0 aromatic carbocycles. The van der Waals surface area contributed by atoms with Gasteiger partial charge in [-0.15, -0.1) is 0 Å². The van der Waals surface area contributed by atoms with Crippen LogP contribution in [0, 0.1) is 0 Å². The molecule has 0 atom stereocenters. The molecule has 1 aliphatic carbocycles. The highest BCUT2D eigenvalue weighted by Gasteiger charge is 2.19. The molecule has 0 aliphatic heterocycles. The molecule has 1 nitrogen and oxygen atoms in total. The van der Waals surface area contributed by atoms with E-state index in [-0.39, 0.29) is 4.75 Å². The van der Waals surface area contributed by atoms with E-state index >= 15 is 0 Å². The molecular formula is C17H30OS. The maximum absolute atomic E-state index is 12.3. The summed E-state index contributed by atoms with van der Waals surface area (Å²) in [4.78, 5) is 12.3. The van der Waals surface area contributed by atoms with Gasteiger partial charge in [0.15, 0.2) is 0 Å². The summed E-state index contributed by atoms with van der Waals surface area (Å²) in [6.45, 7) is 6.35. The zero-order valence-corrected chi connectivity index (χ0v) is 13.8. The maximum atomic E-state index is 12.3. The highest BCUT2D eigenvalue weighted by atomic mass is 32.2. The molecule has 0 radical (unpaired) electrons. The molecule has 0 spiro atoms. The first-order valence-electron chi connectivity index (χ1n) is 7.91. The lowest BCUT2D eigenvalue weighted by Gasteiger charge is -2.17. The molecule has 2 heteroatoms. The van der Waals surface area contributed by atoms with Crippen LogP contribution >= 0.6 is 11.8 Å². The summed E-state index contributed by atoms with van der Waals surface area (Å²) < 4.78 is 0.0294. The van der Waals surface area contributed by atoms with Crippen LogP contribution < -0.4 is 0 Å². The smallest absolute Gasteiger partial charge is 0.215 e. The van der Waals surface area contributed by atoms with Crippen molar-refractivity contribution < 1.29 is 4.79 Å². The van der Waals surface area contributed by atoms with Gasteiger partial charge in [-0.25, -0.2) is 0 Å². The number of hydrogen-bond acceptors (Lipinski definition) is 2. The third kappa shape index (κ3) is 8.52. The summed E-state index contributed by atoms with van der Waals surface area (Å²) in [7, 11) is 0. The van der Waals surface area contributed by atoms with Crippen LogP contribution in [0.15, 0.2) is 11.6 Å². The van der Waals surface area contributed by atoms with E-state index in [0.717, 1.165) is 18.4 Å². The topological polar surface area (TPSA) is 17.1 Å². The lowest BCUT2D eigenvalue weighted by molar-refractivity contribution is -0.108. The summed E-state index contributed by atoms with van der Waals surface area (Å²) in [5.74, 6) is 0. The molecule has 0 saturated heterocycles. The molecule has 0 amide bonds. The highest BCUT2D eigenvalue weighted by Crippen LogP contribution is 2.29. The van der Waals surface area contributed by atoms with E-state index in [1.807, 2.05) is 0 Å². The maximum Gasteiger partial charge on any atom is 0.215 e. The fourth-order valence-electron chi connectivity index (χ4n) is 2.43. The number of hydrogen-bond donors (Lipinski definition) is 0. The van der Waals surface area contributed by atoms with E-state index in [9.17, 15) is 4.79 Å². The van der Waals surface area contributed by atoms with E-state index in [0.29, 0.717) is 5.12 Å². The van der Waals surface area contributed by atoms with E-state index in [4.69, 9.17) is 0 Å². The van der Waals surface area contributed by atoms with Crippen LogP contribution in [0.3, 0.4) is 0 Å². The first-order valence-corrected chi connectivity index (χ1v) is 8.73. The second-order valence-electron chi connectivity index (χ2n) is 6.60. The van der Waals surface area contributed by atoms with Crippen LogP contribution in [0.1, 0.15) is 85.0 Å². The van der Waals surface area contributed by atoms with E-state index < -0.39 is 0 Å². The van der Waals surface area contributed by atoms with Gasteiger partial charge in [0.1, 0.15) is 0 Å². The van der Waals surface area contributed by atoms with Crippen LogP contribution in [0.4, 0.5) is 0 Å². The average Bonchev–Trinajstić information content (AvgIpc) is 2.27. The molecule has 0 unspecified atom stereocenters. The quantitative estimate of drug-likeness (QED) is 0.597. The molecule has 0 heterocycles. The standard InChI is InChI=1S/C17H30OS/c1-17(2,3)19-16(18)15-13-11-9-7-5-4-6-8-10-12-14-15/h13H,4-12,14H2,1-3H3/b15-13+. The minimum atomic E-state index is 0.0294. The molecule has 0 fully saturated rings. The zero-order valence-electron chi connectivity index (χ0n) is 13.0. The van der Waals surface area contributed by atoms with Crippen LogP contribution in [0.25, 0.3) is 0 Å². The Balaban J connectivity index is 2.56. The van der Waals surface area contributed by atoms with Crippen LogP contribution in [0.5, 0.6) is 0 Å². The average molecular weight is 282 g/mol. The molecule has 1 rings (SSSR count). The number of carbonyl (C=O) groups excluding carboxylic acids is 1. The third-order valence-electron chi connectivity index (χ3n) is 3.45. The van der Waals surface area contributed by atoms with Crippen LogP contribution in [-0.4, -0.2) is 9.86 Å². The molecule has 19 heavy (non-hydrogen) atoms. The Hall–Kier alpha value is -0.240. The van der Waals surface area contributed by atoms with Gasteiger partial charge < -0.3 is 0 Å². The van der Waals surface area contributed by atoms with E-state index in [2.05, 4.69) is 26.8 Å². The first kappa shape index (κ1) is 16.8. The van der Waals surface area contributed by atoms with Crippen molar-refractivity contribution in [2.24, 2.45) is 0 Å². The van der Waals surface area contributed by atoms with Crippen molar-refractivity contribution in [3.8, 4) is 0 Å². The Morgan fingerprint density at radius 2 is 1.47 bits per heavy atom. The molecule has 0 bridgehead atoms. The lowest BCUT2D eigenvalue weighted by Crippen LogP contribution is -2.13. The van der Waals surface area contributed by atoms with E-state index in [1.54, 1.807) is 0 Å². The Kier molecular flexibility index (Phi) is 7.82. The number of thioether (sulfide) groups is 1.